The third-order valence-electron chi connectivity index (χ3n) is 3.37. The Morgan fingerprint density at radius 2 is 1.00 bits per heavy atom. The summed E-state index contributed by atoms with van der Waals surface area (Å²) in [5, 5.41) is 1.79. The minimum Gasteiger partial charge on any atom is -0.496 e. The van der Waals surface area contributed by atoms with E-state index >= 15 is 0 Å². The zero-order valence-corrected chi connectivity index (χ0v) is 13.8. The van der Waals surface area contributed by atoms with Gasteiger partial charge in [0.15, 0.2) is 0 Å². The number of methoxy groups -OCH3 is 2. The summed E-state index contributed by atoms with van der Waals surface area (Å²) in [6.45, 7) is 5.48. The SMILES string of the molecule is CCCOc1ccc(OCCC)c2c(OC)ccc(OC)c12. The van der Waals surface area contributed by atoms with Crippen LogP contribution < -0.4 is 18.9 Å². The van der Waals surface area contributed by atoms with E-state index in [1.54, 1.807) is 14.2 Å². The first-order valence-electron chi connectivity index (χ1n) is 7.70. The minimum atomic E-state index is 0.657. The van der Waals surface area contributed by atoms with E-state index in [1.165, 1.54) is 0 Å². The number of ether oxygens (including phenoxy) is 4. The zero-order valence-electron chi connectivity index (χ0n) is 13.8. The molecule has 0 bridgehead atoms. The van der Waals surface area contributed by atoms with Crippen molar-refractivity contribution < 1.29 is 18.9 Å². The third-order valence-corrected chi connectivity index (χ3v) is 3.37. The topological polar surface area (TPSA) is 36.9 Å². The lowest BCUT2D eigenvalue weighted by atomic mass is 10.1. The molecule has 0 atom stereocenters. The molecule has 0 saturated carbocycles. The quantitative estimate of drug-likeness (QED) is 0.722. The molecule has 22 heavy (non-hydrogen) atoms. The molecule has 2 aromatic rings. The van der Waals surface area contributed by atoms with Crippen LogP contribution in [-0.2, 0) is 0 Å². The summed E-state index contributed by atoms with van der Waals surface area (Å²) in [5.41, 5.74) is 0. The highest BCUT2D eigenvalue weighted by Crippen LogP contribution is 2.44. The first-order valence-corrected chi connectivity index (χ1v) is 7.70. The summed E-state index contributed by atoms with van der Waals surface area (Å²) in [4.78, 5) is 0. The van der Waals surface area contributed by atoms with Crippen molar-refractivity contribution in [1.82, 2.24) is 0 Å². The van der Waals surface area contributed by atoms with E-state index in [9.17, 15) is 0 Å². The van der Waals surface area contributed by atoms with Crippen LogP contribution in [0.2, 0.25) is 0 Å². The molecule has 0 unspecified atom stereocenters. The first-order chi connectivity index (χ1) is 10.8. The number of benzene rings is 2. The summed E-state index contributed by atoms with van der Waals surface area (Å²) in [6.07, 6.45) is 1.89. The Hall–Kier alpha value is -2.10. The number of fused-ring (bicyclic) bond motifs is 1. The van der Waals surface area contributed by atoms with Crippen molar-refractivity contribution in [2.24, 2.45) is 0 Å². The maximum Gasteiger partial charge on any atom is 0.131 e. The molecule has 0 N–H and O–H groups in total. The molecule has 0 radical (unpaired) electrons. The fourth-order valence-corrected chi connectivity index (χ4v) is 2.38. The Morgan fingerprint density at radius 3 is 1.32 bits per heavy atom. The second kappa shape index (κ2) is 7.78. The molecule has 2 aromatic carbocycles. The Morgan fingerprint density at radius 1 is 0.636 bits per heavy atom. The van der Waals surface area contributed by atoms with E-state index < -0.39 is 0 Å². The van der Waals surface area contributed by atoms with Crippen LogP contribution in [-0.4, -0.2) is 27.4 Å². The molecular formula is C18H24O4. The van der Waals surface area contributed by atoms with Crippen LogP contribution >= 0.6 is 0 Å². The van der Waals surface area contributed by atoms with Crippen LogP contribution in [0.1, 0.15) is 26.7 Å². The van der Waals surface area contributed by atoms with Gasteiger partial charge >= 0.3 is 0 Å². The van der Waals surface area contributed by atoms with E-state index in [2.05, 4.69) is 13.8 Å². The van der Waals surface area contributed by atoms with Crippen molar-refractivity contribution in [2.45, 2.75) is 26.7 Å². The number of rotatable bonds is 8. The van der Waals surface area contributed by atoms with Crippen molar-refractivity contribution in [1.29, 1.82) is 0 Å². The molecule has 0 spiro atoms. The second-order valence-corrected chi connectivity index (χ2v) is 4.98. The summed E-state index contributed by atoms with van der Waals surface area (Å²) in [6, 6.07) is 7.66. The Bertz CT molecular complexity index is 568. The average Bonchev–Trinajstić information content (AvgIpc) is 2.57. The number of hydrogen-bond donors (Lipinski definition) is 0. The monoisotopic (exact) mass is 304 g/mol. The van der Waals surface area contributed by atoms with Crippen LogP contribution in [0.3, 0.4) is 0 Å². The van der Waals surface area contributed by atoms with Crippen molar-refractivity contribution in [2.75, 3.05) is 27.4 Å². The molecule has 0 amide bonds. The van der Waals surface area contributed by atoms with Crippen LogP contribution in [0.15, 0.2) is 24.3 Å². The predicted octanol–water partition coefficient (Wildman–Crippen LogP) is 4.43. The average molecular weight is 304 g/mol. The fourth-order valence-electron chi connectivity index (χ4n) is 2.38. The summed E-state index contributed by atoms with van der Waals surface area (Å²) in [5.74, 6) is 3.08. The fraction of sp³-hybridized carbons (Fsp3) is 0.444. The normalized spacial score (nSPS) is 10.5. The van der Waals surface area contributed by atoms with E-state index in [1.807, 2.05) is 24.3 Å². The van der Waals surface area contributed by atoms with Gasteiger partial charge in [-0.1, -0.05) is 13.8 Å². The molecular weight excluding hydrogens is 280 g/mol. The van der Waals surface area contributed by atoms with Crippen LogP contribution in [0.4, 0.5) is 0 Å². The Labute approximate surface area is 131 Å². The smallest absolute Gasteiger partial charge is 0.131 e. The molecule has 4 heteroatoms. The van der Waals surface area contributed by atoms with Gasteiger partial charge in [0.05, 0.1) is 38.2 Å². The lowest BCUT2D eigenvalue weighted by Gasteiger charge is -2.17. The van der Waals surface area contributed by atoms with Gasteiger partial charge in [0.2, 0.25) is 0 Å². The molecule has 0 aliphatic carbocycles. The van der Waals surface area contributed by atoms with Crippen molar-refractivity contribution in [3.8, 4) is 23.0 Å². The highest BCUT2D eigenvalue weighted by Gasteiger charge is 2.17. The Balaban J connectivity index is 2.67. The highest BCUT2D eigenvalue weighted by atomic mass is 16.5. The maximum absolute atomic E-state index is 5.88. The molecule has 0 aliphatic heterocycles. The van der Waals surface area contributed by atoms with Crippen LogP contribution in [0.5, 0.6) is 23.0 Å². The lowest BCUT2D eigenvalue weighted by molar-refractivity contribution is 0.312. The van der Waals surface area contributed by atoms with Gasteiger partial charge in [0.25, 0.3) is 0 Å². The van der Waals surface area contributed by atoms with E-state index in [0.29, 0.717) is 13.2 Å². The van der Waals surface area contributed by atoms with Gasteiger partial charge in [-0.2, -0.15) is 0 Å². The molecule has 0 aromatic heterocycles. The molecule has 0 fully saturated rings. The summed E-state index contributed by atoms with van der Waals surface area (Å²) >= 11 is 0. The number of hydrogen-bond acceptors (Lipinski definition) is 4. The van der Waals surface area contributed by atoms with Crippen LogP contribution in [0, 0.1) is 0 Å². The van der Waals surface area contributed by atoms with Gasteiger partial charge in [-0.25, -0.2) is 0 Å². The lowest BCUT2D eigenvalue weighted by Crippen LogP contribution is -2.01. The van der Waals surface area contributed by atoms with E-state index in [-0.39, 0.29) is 0 Å². The summed E-state index contributed by atoms with van der Waals surface area (Å²) in [7, 11) is 3.31. The maximum atomic E-state index is 5.88. The highest BCUT2D eigenvalue weighted by molar-refractivity contribution is 6.02. The third kappa shape index (κ3) is 3.21. The first kappa shape index (κ1) is 16.3. The molecule has 2 rings (SSSR count). The van der Waals surface area contributed by atoms with Crippen LogP contribution in [0.25, 0.3) is 10.8 Å². The van der Waals surface area contributed by atoms with Crippen molar-refractivity contribution in [3.63, 3.8) is 0 Å². The molecule has 120 valence electrons. The largest absolute Gasteiger partial charge is 0.496 e. The van der Waals surface area contributed by atoms with E-state index in [0.717, 1.165) is 46.6 Å². The molecule has 0 aliphatic rings. The minimum absolute atomic E-state index is 0.657. The molecule has 0 saturated heterocycles. The van der Waals surface area contributed by atoms with Gasteiger partial charge in [0, 0.05) is 0 Å². The van der Waals surface area contributed by atoms with Gasteiger partial charge in [-0.15, -0.1) is 0 Å². The van der Waals surface area contributed by atoms with Gasteiger partial charge in [-0.05, 0) is 37.1 Å². The summed E-state index contributed by atoms with van der Waals surface area (Å²) < 4.78 is 22.8. The predicted molar refractivity (Wildman–Crippen MR) is 88.6 cm³/mol. The van der Waals surface area contributed by atoms with Gasteiger partial charge < -0.3 is 18.9 Å². The zero-order chi connectivity index (χ0) is 15.9. The van der Waals surface area contributed by atoms with Crippen molar-refractivity contribution >= 4 is 10.8 Å². The molecule has 4 nitrogen and oxygen atoms in total. The Kier molecular flexibility index (Phi) is 5.75. The van der Waals surface area contributed by atoms with E-state index in [4.69, 9.17) is 18.9 Å². The van der Waals surface area contributed by atoms with Gasteiger partial charge in [-0.3, -0.25) is 0 Å². The van der Waals surface area contributed by atoms with Gasteiger partial charge in [0.1, 0.15) is 23.0 Å². The second-order valence-electron chi connectivity index (χ2n) is 4.98. The standard InChI is InChI=1S/C18H24O4/c1-5-11-21-15-9-10-16(22-12-6-2)18-14(20-4)8-7-13(19-3)17(15)18/h7-10H,5-6,11-12H2,1-4H3. The van der Waals surface area contributed by atoms with Crippen molar-refractivity contribution in [3.05, 3.63) is 24.3 Å². The molecule has 0 heterocycles.